The molecule has 0 unspecified atom stereocenters. The molecule has 44 heavy (non-hydrogen) atoms. The summed E-state index contributed by atoms with van der Waals surface area (Å²) >= 11 is 0. The summed E-state index contributed by atoms with van der Waals surface area (Å²) < 4.78 is 22.6. The van der Waals surface area contributed by atoms with Crippen LogP contribution < -0.4 is 0 Å². The first kappa shape index (κ1) is 41.9. The van der Waals surface area contributed by atoms with Crippen LogP contribution in [0.4, 0.5) is 0 Å². The highest BCUT2D eigenvalue weighted by atomic mass is 16.5. The predicted molar refractivity (Wildman–Crippen MR) is 190 cm³/mol. The summed E-state index contributed by atoms with van der Waals surface area (Å²) in [7, 11) is 0. The molecule has 4 aliphatic rings. The maximum absolute atomic E-state index is 5.66. The van der Waals surface area contributed by atoms with Gasteiger partial charge in [-0.2, -0.15) is 0 Å². The van der Waals surface area contributed by atoms with Crippen molar-refractivity contribution in [3.8, 4) is 0 Å². The van der Waals surface area contributed by atoms with Crippen molar-refractivity contribution in [1.29, 1.82) is 0 Å². The minimum absolute atomic E-state index is 0.554. The third-order valence-corrected chi connectivity index (χ3v) is 9.46. The van der Waals surface area contributed by atoms with E-state index >= 15 is 0 Å². The van der Waals surface area contributed by atoms with Crippen LogP contribution in [0.25, 0.3) is 0 Å². The third kappa shape index (κ3) is 22.4. The average molecular weight is 625 g/mol. The van der Waals surface area contributed by atoms with Crippen molar-refractivity contribution < 1.29 is 18.9 Å². The summed E-state index contributed by atoms with van der Waals surface area (Å²) in [5.74, 6) is 6.66. The monoisotopic (exact) mass is 625 g/mol. The van der Waals surface area contributed by atoms with E-state index in [1.54, 1.807) is 0 Å². The first-order chi connectivity index (χ1) is 20.7. The molecule has 0 aromatic carbocycles. The average Bonchev–Trinajstić information content (AvgIpc) is 2.88. The Balaban J connectivity index is 0.000000293. The molecule has 0 N–H and O–H groups in total. The Morgan fingerprint density at radius 2 is 0.545 bits per heavy atom. The molecular weight excluding hydrogens is 544 g/mol. The van der Waals surface area contributed by atoms with Gasteiger partial charge in [0.1, 0.15) is 0 Å². The molecule has 0 saturated carbocycles. The van der Waals surface area contributed by atoms with Gasteiger partial charge in [-0.05, 0) is 124 Å². The summed E-state index contributed by atoms with van der Waals surface area (Å²) in [6, 6.07) is 0. The quantitative estimate of drug-likeness (QED) is 0.269. The predicted octanol–water partition coefficient (Wildman–Crippen LogP) is 11.4. The van der Waals surface area contributed by atoms with Crippen LogP contribution in [0.2, 0.25) is 0 Å². The van der Waals surface area contributed by atoms with Crippen LogP contribution in [0.15, 0.2) is 0 Å². The van der Waals surface area contributed by atoms with Gasteiger partial charge in [0.25, 0.3) is 0 Å². The van der Waals surface area contributed by atoms with Gasteiger partial charge in [-0.1, -0.05) is 83.1 Å². The van der Waals surface area contributed by atoms with E-state index in [4.69, 9.17) is 18.9 Å². The summed E-state index contributed by atoms with van der Waals surface area (Å²) in [5, 5.41) is 0. The van der Waals surface area contributed by atoms with Crippen molar-refractivity contribution in [1.82, 2.24) is 0 Å². The van der Waals surface area contributed by atoms with Gasteiger partial charge in [-0.3, -0.25) is 0 Å². The molecule has 4 heteroatoms. The molecule has 0 amide bonds. The summed E-state index contributed by atoms with van der Waals surface area (Å²) in [5.41, 5.74) is 0. The fraction of sp³-hybridized carbons (Fsp3) is 1.00. The van der Waals surface area contributed by atoms with Crippen molar-refractivity contribution in [2.75, 3.05) is 26.4 Å². The van der Waals surface area contributed by atoms with Gasteiger partial charge in [0.2, 0.25) is 0 Å². The molecule has 4 aliphatic heterocycles. The highest BCUT2D eigenvalue weighted by Gasteiger charge is 2.22. The lowest BCUT2D eigenvalue weighted by molar-refractivity contribution is -0.0158. The molecule has 0 aromatic rings. The molecule has 0 radical (unpaired) electrons. The molecule has 8 atom stereocenters. The van der Waals surface area contributed by atoms with Crippen LogP contribution in [0.5, 0.6) is 0 Å². The van der Waals surface area contributed by atoms with Crippen molar-refractivity contribution in [2.24, 2.45) is 47.3 Å². The van der Waals surface area contributed by atoms with E-state index < -0.39 is 0 Å². The van der Waals surface area contributed by atoms with Gasteiger partial charge in [0.15, 0.2) is 0 Å². The lowest BCUT2D eigenvalue weighted by Gasteiger charge is -2.28. The Bertz CT molecular complexity index is 542. The van der Waals surface area contributed by atoms with Crippen LogP contribution >= 0.6 is 0 Å². The maximum Gasteiger partial charge on any atom is 0.0580 e. The highest BCUT2D eigenvalue weighted by molar-refractivity contribution is 4.72. The van der Waals surface area contributed by atoms with Gasteiger partial charge in [-0.25, -0.2) is 0 Å². The molecular formula is C40H80O4. The van der Waals surface area contributed by atoms with Crippen LogP contribution in [-0.2, 0) is 18.9 Å². The Kier molecular flexibility index (Phi) is 22.9. The van der Waals surface area contributed by atoms with E-state index in [0.29, 0.717) is 24.4 Å². The van der Waals surface area contributed by atoms with E-state index in [9.17, 15) is 0 Å². The molecule has 0 spiro atoms. The van der Waals surface area contributed by atoms with Gasteiger partial charge in [0, 0.05) is 26.4 Å². The van der Waals surface area contributed by atoms with Gasteiger partial charge in [-0.15, -0.1) is 0 Å². The minimum atomic E-state index is 0.554. The number of ether oxygens (including phenoxy) is 4. The summed E-state index contributed by atoms with van der Waals surface area (Å²) in [4.78, 5) is 0. The highest BCUT2D eigenvalue weighted by Crippen LogP contribution is 2.26. The number of hydrogen-bond donors (Lipinski definition) is 0. The lowest BCUT2D eigenvalue weighted by Crippen LogP contribution is -2.25. The van der Waals surface area contributed by atoms with E-state index in [-0.39, 0.29) is 0 Å². The van der Waals surface area contributed by atoms with Crippen LogP contribution in [0, 0.1) is 47.3 Å². The third-order valence-electron chi connectivity index (χ3n) is 9.46. The van der Waals surface area contributed by atoms with Gasteiger partial charge in [0.05, 0.1) is 24.4 Å². The molecule has 264 valence electrons. The standard InChI is InChI=1S/4C10H20O/c4*1-8(2)6-10-7-9(3)4-5-11-10/h4*8-10H,4-7H2,1-3H3/t2*9-,10+;2*9-,10-/m1010/s1. The molecule has 0 bridgehead atoms. The zero-order valence-electron chi connectivity index (χ0n) is 31.9. The summed E-state index contributed by atoms with van der Waals surface area (Å²) in [6.45, 7) is 31.4. The van der Waals surface area contributed by atoms with Crippen molar-refractivity contribution >= 4 is 0 Å². The van der Waals surface area contributed by atoms with E-state index in [1.165, 1.54) is 77.0 Å². The molecule has 4 saturated heterocycles. The Morgan fingerprint density at radius 3 is 0.682 bits per heavy atom. The molecule has 4 rings (SSSR count). The van der Waals surface area contributed by atoms with Crippen LogP contribution in [-0.4, -0.2) is 50.8 Å². The topological polar surface area (TPSA) is 36.9 Å². The normalized spacial score (nSPS) is 32.7. The molecule has 4 nitrogen and oxygen atoms in total. The van der Waals surface area contributed by atoms with E-state index in [1.807, 2.05) is 0 Å². The fourth-order valence-corrected chi connectivity index (χ4v) is 7.04. The molecule has 4 heterocycles. The number of hydrogen-bond acceptors (Lipinski definition) is 4. The Hall–Kier alpha value is -0.160. The van der Waals surface area contributed by atoms with Crippen molar-refractivity contribution in [3.63, 3.8) is 0 Å². The second-order valence-electron chi connectivity index (χ2n) is 17.0. The second-order valence-corrected chi connectivity index (χ2v) is 17.0. The first-order valence-corrected chi connectivity index (χ1v) is 19.2. The minimum Gasteiger partial charge on any atom is -0.378 e. The Labute approximate surface area is 276 Å². The fourth-order valence-electron chi connectivity index (χ4n) is 7.04. The number of rotatable bonds is 8. The van der Waals surface area contributed by atoms with Gasteiger partial charge >= 0.3 is 0 Å². The SMILES string of the molecule is CC(C)C[C@@H]1C[C@@H](C)CCO1.CC(C)C[C@@H]1C[C@H](C)CCO1.CC(C)C[C@H]1C[C@@H](C)CCO1.CC(C)C[C@H]1C[C@H](C)CCO1. The van der Waals surface area contributed by atoms with Crippen LogP contribution in [0.3, 0.4) is 0 Å². The Morgan fingerprint density at radius 1 is 0.364 bits per heavy atom. The molecule has 0 aliphatic carbocycles. The van der Waals surface area contributed by atoms with Crippen LogP contribution in [0.1, 0.15) is 160 Å². The largest absolute Gasteiger partial charge is 0.378 e. The summed E-state index contributed by atoms with van der Waals surface area (Å²) in [6.07, 6.45) is 17.3. The zero-order valence-corrected chi connectivity index (χ0v) is 31.9. The van der Waals surface area contributed by atoms with Gasteiger partial charge < -0.3 is 18.9 Å². The lowest BCUT2D eigenvalue weighted by atomic mass is 9.93. The molecule has 4 fully saturated rings. The smallest absolute Gasteiger partial charge is 0.0580 e. The first-order valence-electron chi connectivity index (χ1n) is 19.2. The van der Waals surface area contributed by atoms with Crippen molar-refractivity contribution in [3.05, 3.63) is 0 Å². The zero-order chi connectivity index (χ0) is 33.1. The van der Waals surface area contributed by atoms with Crippen molar-refractivity contribution in [2.45, 2.75) is 185 Å². The van der Waals surface area contributed by atoms with E-state index in [0.717, 1.165) is 73.8 Å². The van der Waals surface area contributed by atoms with E-state index in [2.05, 4.69) is 83.1 Å². The maximum atomic E-state index is 5.66. The second kappa shape index (κ2) is 24.1. The molecule has 0 aromatic heterocycles.